The van der Waals surface area contributed by atoms with Crippen molar-refractivity contribution in [3.8, 4) is 17.2 Å². The van der Waals surface area contributed by atoms with E-state index in [4.69, 9.17) is 21.1 Å². The Labute approximate surface area is 282 Å². The summed E-state index contributed by atoms with van der Waals surface area (Å²) in [6.07, 6.45) is 0.772. The number of ether oxygens (including phenoxy) is 2. The lowest BCUT2D eigenvalue weighted by atomic mass is 9.68. The second kappa shape index (κ2) is 11.5. The number of hydrogen-bond acceptors (Lipinski definition) is 9. The van der Waals surface area contributed by atoms with E-state index in [1.165, 1.54) is 35.5 Å². The molecule has 13 heteroatoms. The number of imide groups is 1. The molecule has 0 radical (unpaired) electrons. The largest absolute Gasteiger partial charge is 0.508 e. The molecule has 7 atom stereocenters. The number of aromatic nitrogens is 1. The van der Waals surface area contributed by atoms with E-state index in [0.717, 1.165) is 21.9 Å². The minimum Gasteiger partial charge on any atom is -0.508 e. The van der Waals surface area contributed by atoms with Gasteiger partial charge in [-0.05, 0) is 90.4 Å². The van der Waals surface area contributed by atoms with Crippen molar-refractivity contribution in [3.05, 3.63) is 91.9 Å². The molecule has 3 N–H and O–H groups in total. The SMILES string of the molecule is COc1cc([C@@H]2c3sc(=O)[nH]c3S[C@@H]3[C@@H]4C[C@@H]([C@@H]5C(=O)N(c6ccc(Cl)cc6)C(=O)[C@@H]45)[C@H]23)ccc1OCC(=O)Nc1ccc(O)cc1. The van der Waals surface area contributed by atoms with Gasteiger partial charge in [0.15, 0.2) is 18.1 Å². The first-order chi connectivity index (χ1) is 22.7. The van der Waals surface area contributed by atoms with E-state index in [-0.39, 0.29) is 63.9 Å². The number of carbonyl (C=O) groups is 3. The fraction of sp³-hybridized carbons (Fsp3) is 0.294. The third kappa shape index (κ3) is 4.92. The van der Waals surface area contributed by atoms with Crippen LogP contribution in [0.15, 0.2) is 76.6 Å². The zero-order valence-electron chi connectivity index (χ0n) is 24.8. The van der Waals surface area contributed by atoms with Crippen molar-refractivity contribution in [2.75, 3.05) is 23.9 Å². The smallest absolute Gasteiger partial charge is 0.305 e. The van der Waals surface area contributed by atoms with Gasteiger partial charge < -0.3 is 24.9 Å². The lowest BCUT2D eigenvalue weighted by Gasteiger charge is -2.43. The van der Waals surface area contributed by atoms with Crippen LogP contribution < -0.4 is 24.6 Å². The number of nitrogens with one attached hydrogen (secondary N) is 2. The number of H-pyrrole nitrogens is 1. The summed E-state index contributed by atoms with van der Waals surface area (Å²) in [5.74, 6) is -0.875. The normalized spacial score (nSPS) is 26.9. The third-order valence-corrected chi connectivity index (χ3v) is 12.7. The molecule has 240 valence electrons. The van der Waals surface area contributed by atoms with Crippen LogP contribution in [-0.4, -0.2) is 46.8 Å². The van der Waals surface area contributed by atoms with Gasteiger partial charge >= 0.3 is 4.87 Å². The summed E-state index contributed by atoms with van der Waals surface area (Å²) in [6, 6.07) is 18.5. The van der Waals surface area contributed by atoms with Gasteiger partial charge in [0.05, 0.1) is 29.7 Å². The second-order valence-corrected chi connectivity index (χ2v) is 14.9. The molecular formula is C34H28ClN3O7S2. The molecule has 8 rings (SSSR count). The van der Waals surface area contributed by atoms with Gasteiger partial charge in [-0.15, -0.1) is 11.8 Å². The quantitative estimate of drug-likeness (QED) is 0.171. The second-order valence-electron chi connectivity index (χ2n) is 12.2. The van der Waals surface area contributed by atoms with Gasteiger partial charge in [-0.2, -0.15) is 0 Å². The number of anilines is 2. The number of fused-ring (bicyclic) bond motifs is 9. The molecule has 0 spiro atoms. The Kier molecular flexibility index (Phi) is 7.34. The van der Waals surface area contributed by atoms with Crippen molar-refractivity contribution in [3.63, 3.8) is 0 Å². The molecule has 10 nitrogen and oxygen atoms in total. The van der Waals surface area contributed by atoms with Gasteiger partial charge in [-0.25, -0.2) is 0 Å². The molecule has 2 aliphatic heterocycles. The summed E-state index contributed by atoms with van der Waals surface area (Å²) in [6.45, 7) is -0.266. The number of aromatic hydroxyl groups is 1. The average Bonchev–Trinajstić information content (AvgIpc) is 3.80. The van der Waals surface area contributed by atoms with Crippen LogP contribution in [-0.2, 0) is 14.4 Å². The molecule has 47 heavy (non-hydrogen) atoms. The monoisotopic (exact) mass is 689 g/mol. The molecule has 3 aromatic carbocycles. The number of benzene rings is 3. The van der Waals surface area contributed by atoms with E-state index < -0.39 is 11.8 Å². The van der Waals surface area contributed by atoms with E-state index >= 15 is 0 Å². The maximum atomic E-state index is 14.0. The first-order valence-electron chi connectivity index (χ1n) is 15.1. The van der Waals surface area contributed by atoms with Gasteiger partial charge in [-0.3, -0.25) is 24.1 Å². The number of phenols is 1. The zero-order valence-corrected chi connectivity index (χ0v) is 27.2. The topological polar surface area (TPSA) is 138 Å². The average molecular weight is 690 g/mol. The van der Waals surface area contributed by atoms with Gasteiger partial charge in [0.2, 0.25) is 11.8 Å². The van der Waals surface area contributed by atoms with Crippen LogP contribution in [0.2, 0.25) is 5.02 Å². The lowest BCUT2D eigenvalue weighted by Crippen LogP contribution is -2.42. The zero-order chi connectivity index (χ0) is 32.6. The molecule has 4 aliphatic rings. The Morgan fingerprint density at radius 2 is 1.72 bits per heavy atom. The summed E-state index contributed by atoms with van der Waals surface area (Å²) >= 11 is 8.89. The van der Waals surface area contributed by atoms with Crippen LogP contribution in [0.1, 0.15) is 22.8 Å². The molecule has 4 aromatic rings. The van der Waals surface area contributed by atoms with E-state index in [0.29, 0.717) is 27.9 Å². The van der Waals surface area contributed by atoms with Crippen LogP contribution in [0.3, 0.4) is 0 Å². The number of phenolic OH excluding ortho intramolecular Hbond substituents is 1. The summed E-state index contributed by atoms with van der Waals surface area (Å²) < 4.78 is 11.5. The summed E-state index contributed by atoms with van der Waals surface area (Å²) in [5.41, 5.74) is 1.97. The first-order valence-corrected chi connectivity index (χ1v) is 17.2. The van der Waals surface area contributed by atoms with Crippen molar-refractivity contribution >= 4 is 63.8 Å². The number of rotatable bonds is 7. The molecule has 2 saturated carbocycles. The highest BCUT2D eigenvalue weighted by atomic mass is 35.5. The number of thiazole rings is 1. The molecule has 3 fully saturated rings. The number of halogens is 1. The predicted octanol–water partition coefficient (Wildman–Crippen LogP) is 5.50. The summed E-state index contributed by atoms with van der Waals surface area (Å²) in [5, 5.41) is 13.6. The predicted molar refractivity (Wildman–Crippen MR) is 178 cm³/mol. The number of aromatic amines is 1. The van der Waals surface area contributed by atoms with Crippen molar-refractivity contribution in [1.82, 2.24) is 4.98 Å². The number of nitrogens with zero attached hydrogens (tertiary/aromatic N) is 1. The van der Waals surface area contributed by atoms with Crippen LogP contribution in [0.4, 0.5) is 11.4 Å². The number of carbonyl (C=O) groups excluding carboxylic acids is 3. The van der Waals surface area contributed by atoms with Gasteiger partial charge in [0, 0.05) is 26.8 Å². The standard InChI is InChI=1S/C34H28ClN3O7S2/c1-44-23-12-15(2-11-22(23)45-14-24(40)36-17-5-9-19(39)10-6-17)25-26-20-13-21(29(26)46-31-30(25)47-34(43)37-31)28-27(20)32(41)38(33(28)42)18-7-3-16(35)4-8-18/h2-12,20-21,25-29,39H,13-14H2,1H3,(H,36,40)(H,37,43)/t20-,21-,25+,26-,27+,28+,29-/m1/s1. The van der Waals surface area contributed by atoms with E-state index in [1.807, 2.05) is 12.1 Å². The minimum absolute atomic E-state index is 0.00982. The van der Waals surface area contributed by atoms with Gasteiger partial charge in [0.25, 0.3) is 5.91 Å². The summed E-state index contributed by atoms with van der Waals surface area (Å²) in [7, 11) is 1.53. The highest BCUT2D eigenvalue weighted by Gasteiger charge is 2.69. The molecule has 1 saturated heterocycles. The Balaban J connectivity index is 1.09. The Morgan fingerprint density at radius 1 is 1.00 bits per heavy atom. The van der Waals surface area contributed by atoms with Crippen molar-refractivity contribution in [1.29, 1.82) is 0 Å². The fourth-order valence-corrected chi connectivity index (χ4v) is 11.1. The highest BCUT2D eigenvalue weighted by molar-refractivity contribution is 8.00. The van der Waals surface area contributed by atoms with Crippen LogP contribution in [0.25, 0.3) is 0 Å². The molecule has 2 bridgehead atoms. The van der Waals surface area contributed by atoms with Crippen molar-refractivity contribution in [2.24, 2.45) is 29.6 Å². The number of methoxy groups -OCH3 is 1. The van der Waals surface area contributed by atoms with E-state index in [1.54, 1.807) is 54.2 Å². The highest BCUT2D eigenvalue weighted by Crippen LogP contribution is 2.68. The van der Waals surface area contributed by atoms with Gasteiger partial charge in [-0.1, -0.05) is 29.0 Å². The van der Waals surface area contributed by atoms with E-state index in [9.17, 15) is 24.3 Å². The minimum atomic E-state index is -0.429. The first kappa shape index (κ1) is 30.1. The van der Waals surface area contributed by atoms with Crippen molar-refractivity contribution < 1.29 is 29.0 Å². The lowest BCUT2D eigenvalue weighted by molar-refractivity contribution is -0.123. The Morgan fingerprint density at radius 3 is 2.45 bits per heavy atom. The van der Waals surface area contributed by atoms with E-state index in [2.05, 4.69) is 10.3 Å². The number of thioether (sulfide) groups is 1. The van der Waals surface area contributed by atoms with Crippen LogP contribution in [0, 0.1) is 29.6 Å². The molecule has 0 unspecified atom stereocenters. The fourth-order valence-electron chi connectivity index (χ4n) is 8.12. The molecule has 3 heterocycles. The molecule has 2 aliphatic carbocycles. The molecular weight excluding hydrogens is 662 g/mol. The maximum absolute atomic E-state index is 14.0. The molecule has 3 amide bonds. The third-order valence-electron chi connectivity index (χ3n) is 9.87. The van der Waals surface area contributed by atoms with Crippen molar-refractivity contribution in [2.45, 2.75) is 22.6 Å². The molecule has 1 aromatic heterocycles. The Bertz CT molecular complexity index is 1980. The van der Waals surface area contributed by atoms with Gasteiger partial charge in [0.1, 0.15) is 5.75 Å². The number of hydrogen-bond donors (Lipinski definition) is 3. The number of amides is 3. The summed E-state index contributed by atoms with van der Waals surface area (Å²) in [4.78, 5) is 58.2. The van der Waals surface area contributed by atoms with Crippen LogP contribution in [0.5, 0.6) is 17.2 Å². The Hall–Kier alpha value is -4.26. The maximum Gasteiger partial charge on any atom is 0.305 e. The van der Waals surface area contributed by atoms with Crippen LogP contribution >= 0.6 is 34.7 Å².